The maximum atomic E-state index is 12.3. The molecular weight excluding hydrogens is 322 g/mol. The molecule has 1 heterocycles. The van der Waals surface area contributed by atoms with Crippen LogP contribution in [0.3, 0.4) is 0 Å². The third kappa shape index (κ3) is 3.25. The summed E-state index contributed by atoms with van der Waals surface area (Å²) in [4.78, 5) is 14.2. The van der Waals surface area contributed by atoms with Crippen LogP contribution >= 0.6 is 27.3 Å². The average molecular weight is 338 g/mol. The molecule has 1 unspecified atom stereocenters. The minimum Gasteiger partial charge on any atom is -0.341 e. The van der Waals surface area contributed by atoms with E-state index in [0.29, 0.717) is 5.33 Å². The zero-order valence-electron chi connectivity index (χ0n) is 10.9. The molecule has 0 radical (unpaired) electrons. The third-order valence-corrected chi connectivity index (χ3v) is 5.15. The molecule has 0 saturated carbocycles. The second kappa shape index (κ2) is 5.88. The maximum Gasteiger partial charge on any atom is 0.262 e. The number of hydrogen-bond donors (Lipinski definition) is 1. The maximum absolute atomic E-state index is 12.3. The van der Waals surface area contributed by atoms with Crippen molar-refractivity contribution in [1.29, 1.82) is 0 Å². The van der Waals surface area contributed by atoms with Gasteiger partial charge >= 0.3 is 0 Å². The molecule has 0 fully saturated rings. The van der Waals surface area contributed by atoms with Crippen LogP contribution in [0.1, 0.15) is 27.0 Å². The summed E-state index contributed by atoms with van der Waals surface area (Å²) in [6, 6.07) is 13.8. The number of halogens is 1. The lowest BCUT2D eigenvalue weighted by molar-refractivity contribution is 0.0918. The summed E-state index contributed by atoms with van der Waals surface area (Å²) in [7, 11) is 0. The monoisotopic (exact) mass is 337 g/mol. The van der Waals surface area contributed by atoms with Gasteiger partial charge in [0, 0.05) is 10.2 Å². The van der Waals surface area contributed by atoms with Gasteiger partial charge in [0.25, 0.3) is 5.91 Å². The predicted octanol–water partition coefficient (Wildman–Crippen LogP) is 4.10. The van der Waals surface area contributed by atoms with E-state index in [2.05, 4.69) is 21.2 Å². The van der Waals surface area contributed by atoms with Gasteiger partial charge in [0.05, 0.1) is 10.4 Å². The van der Waals surface area contributed by atoms with E-state index in [1.807, 2.05) is 56.3 Å². The topological polar surface area (TPSA) is 29.1 Å². The van der Waals surface area contributed by atoms with Crippen LogP contribution in [0.2, 0.25) is 0 Å². The second-order valence-corrected chi connectivity index (χ2v) is 6.54. The summed E-state index contributed by atoms with van der Waals surface area (Å²) in [5.74, 6) is -0.0242. The first-order chi connectivity index (χ1) is 9.05. The molecule has 100 valence electrons. The minimum absolute atomic E-state index is 0.0242. The minimum atomic E-state index is -0.407. The third-order valence-electron chi connectivity index (χ3n) is 3.03. The Balaban J connectivity index is 2.22. The van der Waals surface area contributed by atoms with Gasteiger partial charge in [0.2, 0.25) is 0 Å². The summed E-state index contributed by atoms with van der Waals surface area (Å²) in [6.45, 7) is 4.03. The van der Waals surface area contributed by atoms with Gasteiger partial charge in [-0.3, -0.25) is 4.79 Å². The first-order valence-corrected chi connectivity index (χ1v) is 7.99. The van der Waals surface area contributed by atoms with Crippen LogP contribution in [-0.4, -0.2) is 11.2 Å². The van der Waals surface area contributed by atoms with E-state index < -0.39 is 5.54 Å². The quantitative estimate of drug-likeness (QED) is 0.836. The van der Waals surface area contributed by atoms with Crippen molar-refractivity contribution in [3.05, 3.63) is 57.8 Å². The molecule has 1 aromatic carbocycles. The second-order valence-electron chi connectivity index (χ2n) is 4.70. The van der Waals surface area contributed by atoms with Crippen LogP contribution in [0, 0.1) is 6.92 Å². The van der Waals surface area contributed by atoms with Crippen LogP contribution in [0.15, 0.2) is 42.5 Å². The van der Waals surface area contributed by atoms with E-state index in [1.54, 1.807) is 0 Å². The number of rotatable bonds is 4. The first-order valence-electron chi connectivity index (χ1n) is 6.05. The van der Waals surface area contributed by atoms with Gasteiger partial charge in [-0.25, -0.2) is 0 Å². The first kappa shape index (κ1) is 14.3. The lowest BCUT2D eigenvalue weighted by atomic mass is 9.94. The summed E-state index contributed by atoms with van der Waals surface area (Å²) in [6.07, 6.45) is 0. The van der Waals surface area contributed by atoms with Gasteiger partial charge in [0.1, 0.15) is 0 Å². The zero-order chi connectivity index (χ0) is 13.9. The van der Waals surface area contributed by atoms with E-state index in [-0.39, 0.29) is 5.91 Å². The summed E-state index contributed by atoms with van der Waals surface area (Å²) < 4.78 is 0. The zero-order valence-corrected chi connectivity index (χ0v) is 13.3. The molecule has 2 nitrogen and oxygen atoms in total. The molecule has 0 bridgehead atoms. The van der Waals surface area contributed by atoms with Crippen LogP contribution in [0.5, 0.6) is 0 Å². The number of nitrogens with one attached hydrogen (secondary N) is 1. The normalized spacial score (nSPS) is 13.8. The van der Waals surface area contributed by atoms with Crippen molar-refractivity contribution in [2.75, 3.05) is 5.33 Å². The highest BCUT2D eigenvalue weighted by Crippen LogP contribution is 2.24. The summed E-state index contributed by atoms with van der Waals surface area (Å²) in [5, 5.41) is 3.78. The van der Waals surface area contributed by atoms with Crippen molar-refractivity contribution < 1.29 is 4.79 Å². The fraction of sp³-hybridized carbons (Fsp3) is 0.267. The number of alkyl halides is 1. The van der Waals surface area contributed by atoms with Crippen molar-refractivity contribution in [3.8, 4) is 0 Å². The largest absolute Gasteiger partial charge is 0.341 e. The highest BCUT2D eigenvalue weighted by Gasteiger charge is 2.28. The molecule has 0 aliphatic carbocycles. The molecule has 1 aromatic heterocycles. The Kier molecular flexibility index (Phi) is 4.42. The number of aryl methyl sites for hydroxylation is 1. The molecule has 1 N–H and O–H groups in total. The van der Waals surface area contributed by atoms with Crippen molar-refractivity contribution in [2.45, 2.75) is 19.4 Å². The number of thiophene rings is 1. The Bertz CT molecular complexity index is 567. The number of hydrogen-bond acceptors (Lipinski definition) is 2. The lowest BCUT2D eigenvalue weighted by Gasteiger charge is -2.29. The molecule has 0 spiro atoms. The average Bonchev–Trinajstić information content (AvgIpc) is 2.86. The summed E-state index contributed by atoms with van der Waals surface area (Å²) >= 11 is 5.02. The molecule has 1 amide bonds. The van der Waals surface area contributed by atoms with Crippen molar-refractivity contribution in [3.63, 3.8) is 0 Å². The van der Waals surface area contributed by atoms with E-state index in [1.165, 1.54) is 11.3 Å². The van der Waals surface area contributed by atoms with E-state index in [4.69, 9.17) is 0 Å². The van der Waals surface area contributed by atoms with Crippen LogP contribution in [0.25, 0.3) is 0 Å². The van der Waals surface area contributed by atoms with E-state index in [0.717, 1.165) is 15.3 Å². The SMILES string of the molecule is Cc1ccc(C(=O)NC(C)(CBr)c2ccccc2)s1. The van der Waals surface area contributed by atoms with Crippen molar-refractivity contribution in [2.24, 2.45) is 0 Å². The molecule has 0 aliphatic rings. The summed E-state index contributed by atoms with van der Waals surface area (Å²) in [5.41, 5.74) is 0.685. The molecule has 2 aromatic rings. The lowest BCUT2D eigenvalue weighted by Crippen LogP contribution is -2.44. The van der Waals surface area contributed by atoms with Gasteiger partial charge in [-0.05, 0) is 31.5 Å². The Hall–Kier alpha value is -1.13. The van der Waals surface area contributed by atoms with Gasteiger partial charge in [-0.1, -0.05) is 46.3 Å². The van der Waals surface area contributed by atoms with Gasteiger partial charge in [-0.2, -0.15) is 0 Å². The number of carbonyl (C=O) groups is 1. The van der Waals surface area contributed by atoms with Crippen molar-refractivity contribution in [1.82, 2.24) is 5.32 Å². The molecule has 0 aliphatic heterocycles. The standard InChI is InChI=1S/C15H16BrNOS/c1-11-8-9-13(19-11)14(18)17-15(2,10-16)12-6-4-3-5-7-12/h3-9H,10H2,1-2H3,(H,17,18). The van der Waals surface area contributed by atoms with Crippen LogP contribution in [-0.2, 0) is 5.54 Å². The Morgan fingerprint density at radius 2 is 1.95 bits per heavy atom. The molecule has 4 heteroatoms. The Morgan fingerprint density at radius 1 is 1.26 bits per heavy atom. The van der Waals surface area contributed by atoms with Crippen molar-refractivity contribution >= 4 is 33.2 Å². The number of amides is 1. The Labute approximate surface area is 126 Å². The highest BCUT2D eigenvalue weighted by atomic mass is 79.9. The number of benzene rings is 1. The fourth-order valence-electron chi connectivity index (χ4n) is 1.86. The van der Waals surface area contributed by atoms with Gasteiger partial charge in [-0.15, -0.1) is 11.3 Å². The Morgan fingerprint density at radius 3 is 2.47 bits per heavy atom. The molecular formula is C15H16BrNOS. The predicted molar refractivity (Wildman–Crippen MR) is 84.1 cm³/mol. The number of carbonyl (C=O) groups excluding carboxylic acids is 1. The van der Waals surface area contributed by atoms with Crippen LogP contribution < -0.4 is 5.32 Å². The molecule has 0 saturated heterocycles. The van der Waals surface area contributed by atoms with E-state index in [9.17, 15) is 4.79 Å². The van der Waals surface area contributed by atoms with Gasteiger partial charge in [0.15, 0.2) is 0 Å². The van der Waals surface area contributed by atoms with Crippen LogP contribution in [0.4, 0.5) is 0 Å². The smallest absolute Gasteiger partial charge is 0.262 e. The fourth-order valence-corrected chi connectivity index (χ4v) is 3.08. The van der Waals surface area contributed by atoms with E-state index >= 15 is 0 Å². The molecule has 2 rings (SSSR count). The van der Waals surface area contributed by atoms with Gasteiger partial charge < -0.3 is 5.32 Å². The highest BCUT2D eigenvalue weighted by molar-refractivity contribution is 9.09. The molecule has 19 heavy (non-hydrogen) atoms. The molecule has 1 atom stereocenters.